The Morgan fingerprint density at radius 1 is 1.38 bits per heavy atom. The van der Waals surface area contributed by atoms with Crippen molar-refractivity contribution < 1.29 is 9.13 Å². The Morgan fingerprint density at radius 2 is 2.14 bits per heavy atom. The monoisotopic (exact) mass is 291 g/mol. The number of nitrogens with zero attached hydrogens (tertiary/aromatic N) is 2. The van der Waals surface area contributed by atoms with E-state index in [0.29, 0.717) is 12.5 Å². The van der Waals surface area contributed by atoms with Crippen LogP contribution in [0.25, 0.3) is 0 Å². The fraction of sp³-hybridized carbons (Fsp3) is 0.438. The summed E-state index contributed by atoms with van der Waals surface area (Å²) in [4.78, 5) is 0. The summed E-state index contributed by atoms with van der Waals surface area (Å²) < 4.78 is 20.3. The molecular weight excluding hydrogens is 269 g/mol. The molecule has 2 N–H and O–H groups in total. The number of methoxy groups -OCH3 is 1. The molecular formula is C16H22FN3O. The molecule has 0 aliphatic carbocycles. The summed E-state index contributed by atoms with van der Waals surface area (Å²) in [6.07, 6.45) is 3.61. The molecule has 4 nitrogen and oxygen atoms in total. The van der Waals surface area contributed by atoms with Crippen molar-refractivity contribution in [2.75, 3.05) is 7.11 Å². The van der Waals surface area contributed by atoms with Gasteiger partial charge in [0.05, 0.1) is 12.8 Å². The zero-order chi connectivity index (χ0) is 15.4. The number of hydrogen-bond donors (Lipinski definition) is 1. The molecule has 2 rings (SSSR count). The van der Waals surface area contributed by atoms with Crippen LogP contribution in [0.15, 0.2) is 30.5 Å². The first kappa shape index (κ1) is 15.5. The van der Waals surface area contributed by atoms with Gasteiger partial charge in [0, 0.05) is 24.7 Å². The predicted molar refractivity (Wildman–Crippen MR) is 80.8 cm³/mol. The quantitative estimate of drug-likeness (QED) is 0.889. The maximum Gasteiger partial charge on any atom is 0.165 e. The lowest BCUT2D eigenvalue weighted by Crippen LogP contribution is -2.14. The van der Waals surface area contributed by atoms with Crippen LogP contribution < -0.4 is 10.5 Å². The van der Waals surface area contributed by atoms with E-state index in [0.717, 1.165) is 17.7 Å². The Labute approximate surface area is 124 Å². The van der Waals surface area contributed by atoms with E-state index in [1.165, 1.54) is 13.2 Å². The van der Waals surface area contributed by atoms with Crippen LogP contribution in [0.5, 0.6) is 5.75 Å². The number of benzene rings is 1. The molecule has 0 amide bonds. The van der Waals surface area contributed by atoms with Crippen LogP contribution in [0.3, 0.4) is 0 Å². The van der Waals surface area contributed by atoms with E-state index in [1.807, 2.05) is 16.9 Å². The van der Waals surface area contributed by atoms with Crippen molar-refractivity contribution in [1.29, 1.82) is 0 Å². The maximum atomic E-state index is 13.4. The first-order valence-electron chi connectivity index (χ1n) is 7.18. The van der Waals surface area contributed by atoms with Crippen LogP contribution in [-0.4, -0.2) is 16.9 Å². The number of nitrogens with two attached hydrogens (primary N) is 1. The summed E-state index contributed by atoms with van der Waals surface area (Å²) in [5, 5.41) is 4.54. The number of rotatable bonds is 6. The fourth-order valence-corrected chi connectivity index (χ4v) is 2.17. The third-order valence-corrected chi connectivity index (χ3v) is 3.74. The Hall–Kier alpha value is -1.88. The summed E-state index contributed by atoms with van der Waals surface area (Å²) in [5.41, 5.74) is 7.97. The molecule has 0 bridgehead atoms. The summed E-state index contributed by atoms with van der Waals surface area (Å²) in [6, 6.07) is 6.83. The molecule has 0 fully saturated rings. The highest BCUT2D eigenvalue weighted by molar-refractivity contribution is 5.32. The third-order valence-electron chi connectivity index (χ3n) is 3.74. The molecule has 5 heteroatoms. The van der Waals surface area contributed by atoms with E-state index in [2.05, 4.69) is 18.9 Å². The predicted octanol–water partition coefficient (Wildman–Crippen LogP) is 3.24. The number of hydrogen-bond acceptors (Lipinski definition) is 3. The first-order valence-corrected chi connectivity index (χ1v) is 7.18. The van der Waals surface area contributed by atoms with Crippen LogP contribution >= 0.6 is 0 Å². The van der Waals surface area contributed by atoms with E-state index in [-0.39, 0.29) is 17.6 Å². The van der Waals surface area contributed by atoms with Crippen molar-refractivity contribution in [3.05, 3.63) is 47.5 Å². The molecule has 114 valence electrons. The molecule has 2 aromatic rings. The highest BCUT2D eigenvalue weighted by Gasteiger charge is 2.13. The second kappa shape index (κ2) is 6.72. The standard InChI is InChI=1S/C16H22FN3O/c1-4-11(2)20-8-7-13(19-20)10-15(18)12-5-6-14(17)16(9-12)21-3/h5-9,11,15H,4,10,18H2,1-3H3. The molecule has 0 saturated heterocycles. The molecule has 0 radical (unpaired) electrons. The van der Waals surface area contributed by atoms with Crippen LogP contribution in [-0.2, 0) is 6.42 Å². The van der Waals surface area contributed by atoms with Crippen LogP contribution in [0.1, 0.15) is 43.6 Å². The van der Waals surface area contributed by atoms with Gasteiger partial charge in [-0.15, -0.1) is 0 Å². The summed E-state index contributed by atoms with van der Waals surface area (Å²) >= 11 is 0. The van der Waals surface area contributed by atoms with Crippen molar-refractivity contribution in [3.63, 3.8) is 0 Å². The third kappa shape index (κ3) is 3.61. The van der Waals surface area contributed by atoms with Crippen LogP contribution in [0.2, 0.25) is 0 Å². The zero-order valence-corrected chi connectivity index (χ0v) is 12.7. The lowest BCUT2D eigenvalue weighted by molar-refractivity contribution is 0.385. The minimum atomic E-state index is -0.380. The van der Waals surface area contributed by atoms with Crippen molar-refractivity contribution >= 4 is 0 Å². The van der Waals surface area contributed by atoms with Gasteiger partial charge in [-0.05, 0) is 37.1 Å². The van der Waals surface area contributed by atoms with Gasteiger partial charge >= 0.3 is 0 Å². The maximum absolute atomic E-state index is 13.4. The minimum Gasteiger partial charge on any atom is -0.494 e. The van der Waals surface area contributed by atoms with Gasteiger partial charge in [-0.1, -0.05) is 13.0 Å². The van der Waals surface area contributed by atoms with Crippen LogP contribution in [0, 0.1) is 5.82 Å². The number of ether oxygens (including phenoxy) is 1. The van der Waals surface area contributed by atoms with Crippen molar-refractivity contribution in [2.45, 2.75) is 38.8 Å². The minimum absolute atomic E-state index is 0.216. The van der Waals surface area contributed by atoms with Gasteiger partial charge in [0.2, 0.25) is 0 Å². The first-order chi connectivity index (χ1) is 10.0. The van der Waals surface area contributed by atoms with E-state index in [9.17, 15) is 4.39 Å². The lowest BCUT2D eigenvalue weighted by Gasteiger charge is -2.13. The van der Waals surface area contributed by atoms with Crippen molar-refractivity contribution in [2.24, 2.45) is 5.73 Å². The highest BCUT2D eigenvalue weighted by Crippen LogP contribution is 2.23. The van der Waals surface area contributed by atoms with E-state index in [4.69, 9.17) is 10.5 Å². The Balaban J connectivity index is 2.10. The van der Waals surface area contributed by atoms with Gasteiger partial charge in [0.15, 0.2) is 11.6 Å². The Morgan fingerprint density at radius 3 is 2.81 bits per heavy atom. The van der Waals surface area contributed by atoms with E-state index < -0.39 is 0 Å². The second-order valence-electron chi connectivity index (χ2n) is 5.25. The van der Waals surface area contributed by atoms with Crippen molar-refractivity contribution in [3.8, 4) is 5.75 Å². The molecule has 0 saturated carbocycles. The molecule has 2 atom stereocenters. The summed E-state index contributed by atoms with van der Waals surface area (Å²) in [5.74, 6) is -0.164. The largest absolute Gasteiger partial charge is 0.494 e. The molecule has 0 spiro atoms. The Kier molecular flexibility index (Phi) is 4.96. The average Bonchev–Trinajstić information content (AvgIpc) is 2.95. The van der Waals surface area contributed by atoms with Crippen LogP contribution in [0.4, 0.5) is 4.39 Å². The molecule has 0 aliphatic rings. The van der Waals surface area contributed by atoms with Gasteiger partial charge in [0.25, 0.3) is 0 Å². The SMILES string of the molecule is CCC(C)n1ccc(CC(N)c2ccc(F)c(OC)c2)n1. The zero-order valence-electron chi connectivity index (χ0n) is 12.7. The molecule has 2 unspecified atom stereocenters. The smallest absolute Gasteiger partial charge is 0.165 e. The average molecular weight is 291 g/mol. The molecule has 21 heavy (non-hydrogen) atoms. The van der Waals surface area contributed by atoms with Gasteiger partial charge in [-0.25, -0.2) is 4.39 Å². The lowest BCUT2D eigenvalue weighted by atomic mass is 10.0. The van der Waals surface area contributed by atoms with Gasteiger partial charge < -0.3 is 10.5 Å². The fourth-order valence-electron chi connectivity index (χ4n) is 2.17. The van der Waals surface area contributed by atoms with Gasteiger partial charge in [0.1, 0.15) is 0 Å². The summed E-state index contributed by atoms with van der Waals surface area (Å²) in [7, 11) is 1.45. The normalized spacial score (nSPS) is 14.0. The Bertz CT molecular complexity index is 597. The number of halogens is 1. The van der Waals surface area contributed by atoms with E-state index >= 15 is 0 Å². The second-order valence-corrected chi connectivity index (χ2v) is 5.25. The topological polar surface area (TPSA) is 53.1 Å². The molecule has 1 aromatic carbocycles. The molecule has 1 aromatic heterocycles. The van der Waals surface area contributed by atoms with Crippen molar-refractivity contribution in [1.82, 2.24) is 9.78 Å². The molecule has 1 heterocycles. The highest BCUT2D eigenvalue weighted by atomic mass is 19.1. The molecule has 0 aliphatic heterocycles. The van der Waals surface area contributed by atoms with Gasteiger partial charge in [-0.2, -0.15) is 5.10 Å². The van der Waals surface area contributed by atoms with Gasteiger partial charge in [-0.3, -0.25) is 4.68 Å². The van der Waals surface area contributed by atoms with E-state index in [1.54, 1.807) is 12.1 Å². The summed E-state index contributed by atoms with van der Waals surface area (Å²) in [6.45, 7) is 4.25. The number of aromatic nitrogens is 2.